The van der Waals surface area contributed by atoms with Crippen LogP contribution in [0.25, 0.3) is 0 Å². The fraction of sp³-hybridized carbons (Fsp3) is 0.857. The van der Waals surface area contributed by atoms with Crippen molar-refractivity contribution < 1.29 is 0 Å². The standard InChI is InChI=1S/C28H54/c1-3-5-7-9-11-13-15-17-19-21-23-25-27-28-26-24-22-20-18-16-14-12-10-8-6-4-2/h19,21H,1-18,20,22-28H2/b21-19+. The van der Waals surface area contributed by atoms with Gasteiger partial charge in [-0.25, -0.2) is 0 Å². The molecule has 0 aromatic rings. The Bertz CT molecular complexity index is 278. The maximum absolute atomic E-state index is 3.91. The van der Waals surface area contributed by atoms with Crippen LogP contribution in [0.3, 0.4) is 0 Å². The lowest BCUT2D eigenvalue weighted by molar-refractivity contribution is 0.534. The molecule has 0 aliphatic rings. The van der Waals surface area contributed by atoms with Crippen LogP contribution in [0, 0.1) is 13.8 Å². The van der Waals surface area contributed by atoms with E-state index in [0.29, 0.717) is 0 Å². The third-order valence-corrected chi connectivity index (χ3v) is 5.91. The van der Waals surface area contributed by atoms with E-state index in [2.05, 4.69) is 26.0 Å². The van der Waals surface area contributed by atoms with Gasteiger partial charge in [-0.3, -0.25) is 0 Å². The van der Waals surface area contributed by atoms with E-state index >= 15 is 0 Å². The second-order valence-electron chi connectivity index (χ2n) is 8.83. The number of hydrogen-bond acceptors (Lipinski definition) is 0. The molecule has 166 valence electrons. The van der Waals surface area contributed by atoms with Crippen molar-refractivity contribution in [2.75, 3.05) is 0 Å². The van der Waals surface area contributed by atoms with E-state index in [1.807, 2.05) is 0 Å². The summed E-state index contributed by atoms with van der Waals surface area (Å²) in [5.41, 5.74) is 0. The molecule has 0 aliphatic carbocycles. The summed E-state index contributed by atoms with van der Waals surface area (Å²) < 4.78 is 0. The third-order valence-electron chi connectivity index (χ3n) is 5.91. The zero-order valence-corrected chi connectivity index (χ0v) is 19.5. The molecule has 0 amide bonds. The minimum absolute atomic E-state index is 1.11. The van der Waals surface area contributed by atoms with Crippen molar-refractivity contribution in [3.05, 3.63) is 26.0 Å². The SMILES string of the molecule is [CH2]CCCCCCCC/C=C/CCCCCCCCCCCCCCCC[CH2]. The van der Waals surface area contributed by atoms with E-state index in [1.165, 1.54) is 141 Å². The van der Waals surface area contributed by atoms with Gasteiger partial charge in [-0.2, -0.15) is 0 Å². The molecule has 0 aromatic heterocycles. The molecular weight excluding hydrogens is 336 g/mol. The normalized spacial score (nSPS) is 11.6. The lowest BCUT2D eigenvalue weighted by atomic mass is 10.0. The highest BCUT2D eigenvalue weighted by Gasteiger charge is 1.94. The summed E-state index contributed by atoms with van der Waals surface area (Å²) in [7, 11) is 0. The van der Waals surface area contributed by atoms with Crippen LogP contribution in [0.4, 0.5) is 0 Å². The van der Waals surface area contributed by atoms with E-state index in [0.717, 1.165) is 12.8 Å². The molecule has 0 atom stereocenters. The fourth-order valence-corrected chi connectivity index (χ4v) is 3.94. The molecule has 0 rings (SSSR count). The summed E-state index contributed by atoms with van der Waals surface area (Å²) >= 11 is 0. The summed E-state index contributed by atoms with van der Waals surface area (Å²) in [5, 5.41) is 0. The molecule has 0 N–H and O–H groups in total. The highest BCUT2D eigenvalue weighted by atomic mass is 14.0. The molecule has 0 unspecified atom stereocenters. The second kappa shape index (κ2) is 26.7. The highest BCUT2D eigenvalue weighted by Crippen LogP contribution is 2.14. The van der Waals surface area contributed by atoms with Crippen molar-refractivity contribution in [1.82, 2.24) is 0 Å². The Labute approximate surface area is 180 Å². The molecular formula is C28H54. The molecule has 0 nitrogen and oxygen atoms in total. The van der Waals surface area contributed by atoms with Crippen LogP contribution in [0.15, 0.2) is 12.2 Å². The van der Waals surface area contributed by atoms with Crippen molar-refractivity contribution in [1.29, 1.82) is 0 Å². The minimum Gasteiger partial charge on any atom is -0.0885 e. The van der Waals surface area contributed by atoms with E-state index in [9.17, 15) is 0 Å². The summed E-state index contributed by atoms with van der Waals surface area (Å²) in [6, 6.07) is 0. The Kier molecular flexibility index (Phi) is 26.5. The lowest BCUT2D eigenvalue weighted by Gasteiger charge is -2.03. The molecule has 0 heterocycles. The van der Waals surface area contributed by atoms with Crippen molar-refractivity contribution in [3.8, 4) is 0 Å². The Hall–Kier alpha value is -0.260. The average molecular weight is 391 g/mol. The Balaban J connectivity index is 3.04. The predicted octanol–water partition coefficient (Wildman–Crippen LogP) is 10.6. The Morgan fingerprint density at radius 1 is 0.286 bits per heavy atom. The van der Waals surface area contributed by atoms with Crippen LogP contribution in [0.5, 0.6) is 0 Å². The van der Waals surface area contributed by atoms with Crippen LogP contribution < -0.4 is 0 Å². The van der Waals surface area contributed by atoms with Gasteiger partial charge in [0.25, 0.3) is 0 Å². The maximum atomic E-state index is 3.91. The molecule has 0 bridgehead atoms. The van der Waals surface area contributed by atoms with Gasteiger partial charge in [0.05, 0.1) is 0 Å². The minimum atomic E-state index is 1.11. The number of allylic oxidation sites excluding steroid dienone is 2. The lowest BCUT2D eigenvalue weighted by Crippen LogP contribution is -1.83. The van der Waals surface area contributed by atoms with Crippen molar-refractivity contribution in [2.45, 2.75) is 154 Å². The molecule has 0 heteroatoms. The van der Waals surface area contributed by atoms with Gasteiger partial charge in [0.15, 0.2) is 0 Å². The van der Waals surface area contributed by atoms with Crippen LogP contribution in [0.1, 0.15) is 154 Å². The van der Waals surface area contributed by atoms with Gasteiger partial charge < -0.3 is 0 Å². The number of hydrogen-bond donors (Lipinski definition) is 0. The summed E-state index contributed by atoms with van der Waals surface area (Å²) in [6.45, 7) is 7.81. The van der Waals surface area contributed by atoms with Crippen LogP contribution in [0.2, 0.25) is 0 Å². The molecule has 0 aliphatic heterocycles. The average Bonchev–Trinajstić information content (AvgIpc) is 2.71. The van der Waals surface area contributed by atoms with Crippen molar-refractivity contribution in [3.63, 3.8) is 0 Å². The van der Waals surface area contributed by atoms with Gasteiger partial charge in [0.2, 0.25) is 0 Å². The second-order valence-corrected chi connectivity index (χ2v) is 8.83. The molecule has 28 heavy (non-hydrogen) atoms. The molecule has 0 spiro atoms. The van der Waals surface area contributed by atoms with Crippen LogP contribution >= 0.6 is 0 Å². The van der Waals surface area contributed by atoms with Gasteiger partial charge >= 0.3 is 0 Å². The quantitative estimate of drug-likeness (QED) is 0.113. The Morgan fingerprint density at radius 2 is 0.500 bits per heavy atom. The van der Waals surface area contributed by atoms with Gasteiger partial charge in [-0.05, 0) is 25.7 Å². The maximum Gasteiger partial charge on any atom is -0.0351 e. The number of unbranched alkanes of at least 4 members (excludes halogenated alkanes) is 22. The Morgan fingerprint density at radius 3 is 0.750 bits per heavy atom. The van der Waals surface area contributed by atoms with E-state index in [1.54, 1.807) is 0 Å². The van der Waals surface area contributed by atoms with Gasteiger partial charge in [0, 0.05) is 0 Å². The van der Waals surface area contributed by atoms with E-state index in [-0.39, 0.29) is 0 Å². The first kappa shape index (κ1) is 27.7. The predicted molar refractivity (Wildman–Crippen MR) is 131 cm³/mol. The molecule has 0 saturated carbocycles. The van der Waals surface area contributed by atoms with Gasteiger partial charge in [0.1, 0.15) is 0 Å². The zero-order chi connectivity index (χ0) is 20.4. The third kappa shape index (κ3) is 25.7. The summed E-state index contributed by atoms with van der Waals surface area (Å²) in [6.07, 6.45) is 38.2. The molecule has 0 saturated heterocycles. The van der Waals surface area contributed by atoms with Crippen LogP contribution in [-0.2, 0) is 0 Å². The molecule has 0 fully saturated rings. The fourth-order valence-electron chi connectivity index (χ4n) is 3.94. The van der Waals surface area contributed by atoms with Gasteiger partial charge in [-0.15, -0.1) is 0 Å². The summed E-state index contributed by atoms with van der Waals surface area (Å²) in [5.74, 6) is 0. The van der Waals surface area contributed by atoms with Gasteiger partial charge in [-0.1, -0.05) is 154 Å². The topological polar surface area (TPSA) is 0 Å². The summed E-state index contributed by atoms with van der Waals surface area (Å²) in [4.78, 5) is 0. The zero-order valence-electron chi connectivity index (χ0n) is 19.5. The smallest absolute Gasteiger partial charge is 0.0351 e. The monoisotopic (exact) mass is 390 g/mol. The molecule has 2 radical (unpaired) electrons. The van der Waals surface area contributed by atoms with Crippen molar-refractivity contribution >= 4 is 0 Å². The highest BCUT2D eigenvalue weighted by molar-refractivity contribution is 4.81. The largest absolute Gasteiger partial charge is 0.0885 e. The first-order valence-electron chi connectivity index (χ1n) is 13.1. The first-order chi connectivity index (χ1) is 13.9. The number of rotatable bonds is 24. The molecule has 0 aromatic carbocycles. The van der Waals surface area contributed by atoms with Crippen LogP contribution in [-0.4, -0.2) is 0 Å². The first-order valence-corrected chi connectivity index (χ1v) is 13.1. The van der Waals surface area contributed by atoms with Crippen molar-refractivity contribution in [2.24, 2.45) is 0 Å². The van der Waals surface area contributed by atoms with E-state index in [4.69, 9.17) is 0 Å². The van der Waals surface area contributed by atoms with E-state index < -0.39 is 0 Å².